The Kier molecular flexibility index (Phi) is 3.98. The molecule has 0 saturated carbocycles. The molecule has 0 atom stereocenters. The molecule has 6 nitrogen and oxygen atoms in total. The first kappa shape index (κ1) is 15.1. The van der Waals surface area contributed by atoms with Gasteiger partial charge in [-0.1, -0.05) is 0 Å². The van der Waals surface area contributed by atoms with E-state index in [0.29, 0.717) is 24.2 Å². The van der Waals surface area contributed by atoms with E-state index in [9.17, 15) is 13.2 Å². The fourth-order valence-corrected chi connectivity index (χ4v) is 4.16. The molecular weight excluding hydrogens is 322 g/mol. The average molecular weight is 337 g/mol. The summed E-state index contributed by atoms with van der Waals surface area (Å²) in [5.41, 5.74) is 1.40. The van der Waals surface area contributed by atoms with Crippen molar-refractivity contribution in [3.63, 3.8) is 0 Å². The topological polar surface area (TPSA) is 88.2 Å². The summed E-state index contributed by atoms with van der Waals surface area (Å²) in [5, 5.41) is 3.65. The highest BCUT2D eigenvalue weighted by atomic mass is 32.2. The van der Waals surface area contributed by atoms with Crippen molar-refractivity contribution < 1.29 is 13.2 Å². The largest absolute Gasteiger partial charge is 0.326 e. The van der Waals surface area contributed by atoms with Gasteiger partial charge in [-0.3, -0.25) is 4.79 Å². The van der Waals surface area contributed by atoms with Gasteiger partial charge in [0.05, 0.1) is 16.3 Å². The Labute approximate surface area is 132 Å². The molecule has 3 rings (SSSR count). The van der Waals surface area contributed by atoms with Crippen LogP contribution >= 0.6 is 11.3 Å². The number of carbonyl (C=O) groups excluding carboxylic acids is 1. The highest BCUT2D eigenvalue weighted by Crippen LogP contribution is 2.25. The fourth-order valence-electron chi connectivity index (χ4n) is 2.29. The normalized spacial score (nSPS) is 14.0. The number of aromatic nitrogens is 1. The highest BCUT2D eigenvalue weighted by molar-refractivity contribution is 7.89. The number of anilines is 1. The Bertz CT molecular complexity index is 828. The summed E-state index contributed by atoms with van der Waals surface area (Å²) < 4.78 is 27.1. The van der Waals surface area contributed by atoms with Crippen molar-refractivity contribution in [1.29, 1.82) is 0 Å². The zero-order valence-electron chi connectivity index (χ0n) is 11.9. The lowest BCUT2D eigenvalue weighted by molar-refractivity contribution is -0.115. The summed E-state index contributed by atoms with van der Waals surface area (Å²) in [6.07, 6.45) is 2.59. The maximum Gasteiger partial charge on any atom is 0.240 e. The van der Waals surface area contributed by atoms with Gasteiger partial charge in [-0.15, -0.1) is 11.3 Å². The summed E-state index contributed by atoms with van der Waals surface area (Å²) in [4.78, 5) is 16.7. The van der Waals surface area contributed by atoms with E-state index in [4.69, 9.17) is 0 Å². The Balaban J connectivity index is 1.68. The number of aryl methyl sites for hydroxylation is 1. The van der Waals surface area contributed by atoms with Gasteiger partial charge in [-0.05, 0) is 37.1 Å². The number of nitrogens with zero attached hydrogens (tertiary/aromatic N) is 1. The molecule has 0 spiro atoms. The molecule has 0 radical (unpaired) electrons. The smallest absolute Gasteiger partial charge is 0.240 e. The minimum atomic E-state index is -3.57. The van der Waals surface area contributed by atoms with Gasteiger partial charge in [0.25, 0.3) is 0 Å². The zero-order chi connectivity index (χ0) is 15.7. The first-order valence-electron chi connectivity index (χ1n) is 6.78. The molecule has 0 unspecified atom stereocenters. The van der Waals surface area contributed by atoms with Crippen molar-refractivity contribution in [2.75, 3.05) is 11.9 Å². The van der Waals surface area contributed by atoms with Crippen molar-refractivity contribution in [3.05, 3.63) is 39.8 Å². The number of carbonyl (C=O) groups is 1. The molecule has 1 aliphatic rings. The second-order valence-corrected chi connectivity index (χ2v) is 8.12. The van der Waals surface area contributed by atoms with Crippen LogP contribution in [0.4, 0.5) is 5.69 Å². The van der Waals surface area contributed by atoms with E-state index < -0.39 is 10.0 Å². The molecule has 1 amide bonds. The van der Waals surface area contributed by atoms with Crippen LogP contribution < -0.4 is 10.0 Å². The summed E-state index contributed by atoms with van der Waals surface area (Å²) in [7, 11) is -3.57. The van der Waals surface area contributed by atoms with Crippen LogP contribution in [0.25, 0.3) is 0 Å². The van der Waals surface area contributed by atoms with Gasteiger partial charge in [0, 0.05) is 23.3 Å². The highest BCUT2D eigenvalue weighted by Gasteiger charge is 2.21. The number of thiazole rings is 1. The van der Waals surface area contributed by atoms with Gasteiger partial charge in [-0.2, -0.15) is 0 Å². The molecule has 0 aliphatic carbocycles. The van der Waals surface area contributed by atoms with Crippen LogP contribution in [-0.2, 0) is 27.7 Å². The number of benzene rings is 1. The molecule has 0 saturated heterocycles. The van der Waals surface area contributed by atoms with Crippen LogP contribution in [0.3, 0.4) is 0 Å². The monoisotopic (exact) mass is 337 g/mol. The van der Waals surface area contributed by atoms with Crippen LogP contribution in [-0.4, -0.2) is 25.9 Å². The number of hydrogen-bond donors (Lipinski definition) is 2. The number of nitrogens with one attached hydrogen (secondary N) is 2. The van der Waals surface area contributed by atoms with Gasteiger partial charge in [-0.25, -0.2) is 18.1 Å². The maximum atomic E-state index is 12.3. The molecule has 2 heterocycles. The zero-order valence-corrected chi connectivity index (χ0v) is 13.6. The van der Waals surface area contributed by atoms with Crippen LogP contribution in [0.2, 0.25) is 0 Å². The lowest BCUT2D eigenvalue weighted by atomic mass is 10.2. The van der Waals surface area contributed by atoms with Crippen molar-refractivity contribution in [1.82, 2.24) is 9.71 Å². The van der Waals surface area contributed by atoms with E-state index in [-0.39, 0.29) is 17.2 Å². The molecule has 2 N–H and O–H groups in total. The molecule has 8 heteroatoms. The molecule has 2 aromatic rings. The first-order chi connectivity index (χ1) is 10.4. The molecule has 1 aromatic carbocycles. The lowest BCUT2D eigenvalue weighted by Crippen LogP contribution is -2.25. The van der Waals surface area contributed by atoms with Crippen molar-refractivity contribution in [3.8, 4) is 0 Å². The van der Waals surface area contributed by atoms with E-state index in [1.54, 1.807) is 29.7 Å². The second kappa shape index (κ2) is 5.79. The third kappa shape index (κ3) is 3.18. The van der Waals surface area contributed by atoms with Crippen LogP contribution in [0.15, 0.2) is 29.3 Å². The first-order valence-corrected chi connectivity index (χ1v) is 9.08. The van der Waals surface area contributed by atoms with Gasteiger partial charge < -0.3 is 5.32 Å². The van der Waals surface area contributed by atoms with Gasteiger partial charge in [0.1, 0.15) is 0 Å². The minimum Gasteiger partial charge on any atom is -0.326 e. The molecule has 0 fully saturated rings. The number of fused-ring (bicyclic) bond motifs is 1. The van der Waals surface area contributed by atoms with Crippen LogP contribution in [0, 0.1) is 6.92 Å². The molecule has 22 heavy (non-hydrogen) atoms. The summed E-state index contributed by atoms with van der Waals surface area (Å²) >= 11 is 1.56. The number of amides is 1. The molecule has 1 aliphatic heterocycles. The number of hydrogen-bond acceptors (Lipinski definition) is 5. The Morgan fingerprint density at radius 2 is 2.23 bits per heavy atom. The standard InChI is InChI=1S/C14H15N3O3S2/c1-9-15-8-11(21-9)4-5-16-22(19,20)12-2-3-13-10(6-12)7-14(18)17-13/h2-3,6,8,16H,4-5,7H2,1H3,(H,17,18). The molecular formula is C14H15N3O3S2. The average Bonchev–Trinajstić information content (AvgIpc) is 3.02. The van der Waals surface area contributed by atoms with Gasteiger partial charge in [0.15, 0.2) is 0 Å². The van der Waals surface area contributed by atoms with E-state index in [1.165, 1.54) is 6.07 Å². The van der Waals surface area contributed by atoms with Crippen molar-refractivity contribution >= 4 is 33.0 Å². The second-order valence-electron chi connectivity index (χ2n) is 5.04. The van der Waals surface area contributed by atoms with E-state index >= 15 is 0 Å². The third-order valence-corrected chi connectivity index (χ3v) is 5.78. The van der Waals surface area contributed by atoms with E-state index in [2.05, 4.69) is 15.0 Å². The van der Waals surface area contributed by atoms with E-state index in [0.717, 1.165) is 9.88 Å². The summed E-state index contributed by atoms with van der Waals surface area (Å²) in [5.74, 6) is -0.113. The summed E-state index contributed by atoms with van der Waals surface area (Å²) in [6.45, 7) is 2.23. The van der Waals surface area contributed by atoms with Gasteiger partial charge in [0.2, 0.25) is 15.9 Å². The number of sulfonamides is 1. The maximum absolute atomic E-state index is 12.3. The van der Waals surface area contributed by atoms with Crippen LogP contribution in [0.5, 0.6) is 0 Å². The third-order valence-electron chi connectivity index (χ3n) is 3.34. The summed E-state index contributed by atoms with van der Waals surface area (Å²) in [6, 6.07) is 4.68. The molecule has 116 valence electrons. The molecule has 1 aromatic heterocycles. The molecule has 0 bridgehead atoms. The predicted molar refractivity (Wildman–Crippen MR) is 84.5 cm³/mol. The minimum absolute atomic E-state index is 0.113. The lowest BCUT2D eigenvalue weighted by Gasteiger charge is -2.07. The fraction of sp³-hybridized carbons (Fsp3) is 0.286. The number of rotatable bonds is 5. The predicted octanol–water partition coefficient (Wildman–Crippen LogP) is 1.47. The van der Waals surface area contributed by atoms with Crippen LogP contribution in [0.1, 0.15) is 15.4 Å². The Morgan fingerprint density at radius 1 is 1.41 bits per heavy atom. The van der Waals surface area contributed by atoms with Gasteiger partial charge >= 0.3 is 0 Å². The van der Waals surface area contributed by atoms with E-state index in [1.807, 2.05) is 6.92 Å². The quantitative estimate of drug-likeness (QED) is 0.865. The van der Waals surface area contributed by atoms with Crippen molar-refractivity contribution in [2.24, 2.45) is 0 Å². The van der Waals surface area contributed by atoms with Crippen molar-refractivity contribution in [2.45, 2.75) is 24.7 Å². The Morgan fingerprint density at radius 3 is 2.95 bits per heavy atom. The Hall–Kier alpha value is -1.77. The SMILES string of the molecule is Cc1ncc(CCNS(=O)(=O)c2ccc3c(c2)CC(=O)N3)s1.